The number of aryl methyl sites for hydroxylation is 1. The minimum Gasteiger partial charge on any atom is -0.399 e. The van der Waals surface area contributed by atoms with E-state index in [1.807, 2.05) is 6.92 Å². The number of hydrogen-bond donors (Lipinski definition) is 4. The molecule has 0 spiro atoms. The molecule has 0 fully saturated rings. The van der Waals surface area contributed by atoms with Crippen molar-refractivity contribution in [2.24, 2.45) is 0 Å². The van der Waals surface area contributed by atoms with Crippen LogP contribution in [-0.2, 0) is 0 Å². The average molecular weight is 273 g/mol. The number of anilines is 2. The molecule has 0 bridgehead atoms. The maximum Gasteiger partial charge on any atom is 0.276 e. The van der Waals surface area contributed by atoms with E-state index in [0.29, 0.717) is 11.4 Å². The maximum atomic E-state index is 12.1. The lowest BCUT2D eigenvalue weighted by atomic mass is 10.2. The van der Waals surface area contributed by atoms with Crippen LogP contribution in [0, 0.1) is 6.92 Å². The Kier molecular flexibility index (Phi) is 3.69. The number of nitrogens with two attached hydrogens (primary N) is 1. The van der Waals surface area contributed by atoms with Gasteiger partial charge in [0.2, 0.25) is 0 Å². The van der Waals surface area contributed by atoms with Crippen LogP contribution in [0.2, 0.25) is 0 Å². The molecule has 7 heteroatoms. The second-order valence-electron chi connectivity index (χ2n) is 4.23. The molecule has 0 radical (unpaired) electrons. The molecule has 1 heterocycles. The summed E-state index contributed by atoms with van der Waals surface area (Å²) >= 11 is 0. The SMILES string of the molecule is CNC(=O)c1[nH]cnc1C(=O)Nc1ccc(N)c(C)c1. The van der Waals surface area contributed by atoms with E-state index >= 15 is 0 Å². The van der Waals surface area contributed by atoms with Gasteiger partial charge in [0.15, 0.2) is 5.69 Å². The topological polar surface area (TPSA) is 113 Å². The number of hydrogen-bond acceptors (Lipinski definition) is 4. The average Bonchev–Trinajstić information content (AvgIpc) is 2.91. The highest BCUT2D eigenvalue weighted by atomic mass is 16.2. The molecule has 0 aliphatic rings. The molecular weight excluding hydrogens is 258 g/mol. The molecule has 0 atom stereocenters. The lowest BCUT2D eigenvalue weighted by Crippen LogP contribution is -2.23. The van der Waals surface area contributed by atoms with Crippen molar-refractivity contribution in [1.29, 1.82) is 0 Å². The van der Waals surface area contributed by atoms with Gasteiger partial charge in [0.05, 0.1) is 6.33 Å². The highest BCUT2D eigenvalue weighted by Crippen LogP contribution is 2.17. The molecule has 104 valence electrons. The fourth-order valence-corrected chi connectivity index (χ4v) is 1.71. The van der Waals surface area contributed by atoms with Gasteiger partial charge in [-0.1, -0.05) is 0 Å². The Hall–Kier alpha value is -2.83. The van der Waals surface area contributed by atoms with Gasteiger partial charge in [-0.2, -0.15) is 0 Å². The van der Waals surface area contributed by atoms with Crippen LogP contribution in [0.25, 0.3) is 0 Å². The molecule has 2 aromatic rings. The predicted molar refractivity (Wildman–Crippen MR) is 75.5 cm³/mol. The van der Waals surface area contributed by atoms with Crippen LogP contribution < -0.4 is 16.4 Å². The molecular formula is C13H15N5O2. The van der Waals surface area contributed by atoms with Gasteiger partial charge in [0, 0.05) is 18.4 Å². The Balaban J connectivity index is 2.22. The molecule has 0 aliphatic heterocycles. The molecule has 7 nitrogen and oxygen atoms in total. The summed E-state index contributed by atoms with van der Waals surface area (Å²) in [7, 11) is 1.48. The van der Waals surface area contributed by atoms with E-state index in [2.05, 4.69) is 20.6 Å². The number of benzene rings is 1. The quantitative estimate of drug-likeness (QED) is 0.622. The van der Waals surface area contributed by atoms with Gasteiger partial charge in [-0.05, 0) is 30.7 Å². The Bertz CT molecular complexity index is 663. The minimum absolute atomic E-state index is 0.0406. The van der Waals surface area contributed by atoms with Gasteiger partial charge in [-0.25, -0.2) is 4.98 Å². The number of carbonyl (C=O) groups is 2. The first-order valence-electron chi connectivity index (χ1n) is 5.96. The lowest BCUT2D eigenvalue weighted by molar-refractivity contribution is 0.0943. The van der Waals surface area contributed by atoms with Crippen molar-refractivity contribution in [2.75, 3.05) is 18.1 Å². The number of imidazole rings is 1. The van der Waals surface area contributed by atoms with Crippen molar-refractivity contribution in [3.63, 3.8) is 0 Å². The zero-order valence-corrected chi connectivity index (χ0v) is 11.2. The zero-order chi connectivity index (χ0) is 14.7. The fourth-order valence-electron chi connectivity index (χ4n) is 1.71. The Morgan fingerprint density at radius 3 is 2.70 bits per heavy atom. The summed E-state index contributed by atoms with van der Waals surface area (Å²) < 4.78 is 0. The number of nitrogen functional groups attached to an aromatic ring is 1. The van der Waals surface area contributed by atoms with E-state index in [1.54, 1.807) is 18.2 Å². The van der Waals surface area contributed by atoms with E-state index < -0.39 is 11.8 Å². The fraction of sp³-hybridized carbons (Fsp3) is 0.154. The van der Waals surface area contributed by atoms with Gasteiger partial charge >= 0.3 is 0 Å². The van der Waals surface area contributed by atoms with Gasteiger partial charge in [-0.15, -0.1) is 0 Å². The Morgan fingerprint density at radius 1 is 1.30 bits per heavy atom. The van der Waals surface area contributed by atoms with Gasteiger partial charge < -0.3 is 21.4 Å². The summed E-state index contributed by atoms with van der Waals surface area (Å²) in [4.78, 5) is 30.2. The summed E-state index contributed by atoms with van der Waals surface area (Å²) in [6.07, 6.45) is 1.30. The number of carbonyl (C=O) groups excluding carboxylic acids is 2. The van der Waals surface area contributed by atoms with Crippen LogP contribution in [0.15, 0.2) is 24.5 Å². The Labute approximate surface area is 115 Å². The molecule has 5 N–H and O–H groups in total. The molecule has 0 unspecified atom stereocenters. The number of H-pyrrole nitrogens is 1. The molecule has 0 saturated heterocycles. The summed E-state index contributed by atoms with van der Waals surface area (Å²) in [5, 5.41) is 5.11. The maximum absolute atomic E-state index is 12.1. The van der Waals surface area contributed by atoms with Crippen molar-refractivity contribution in [3.8, 4) is 0 Å². The normalized spacial score (nSPS) is 10.1. The minimum atomic E-state index is -0.464. The van der Waals surface area contributed by atoms with E-state index in [-0.39, 0.29) is 11.4 Å². The first-order valence-corrected chi connectivity index (χ1v) is 5.96. The lowest BCUT2D eigenvalue weighted by Gasteiger charge is -2.07. The zero-order valence-electron chi connectivity index (χ0n) is 11.2. The molecule has 0 aliphatic carbocycles. The molecule has 2 amide bonds. The van der Waals surface area contributed by atoms with Crippen molar-refractivity contribution in [2.45, 2.75) is 6.92 Å². The number of aromatic amines is 1. The number of amides is 2. The first-order chi connectivity index (χ1) is 9.52. The monoisotopic (exact) mass is 273 g/mol. The first kappa shape index (κ1) is 13.6. The van der Waals surface area contributed by atoms with Gasteiger partial charge in [0.25, 0.3) is 11.8 Å². The third-order valence-electron chi connectivity index (χ3n) is 2.84. The molecule has 1 aromatic carbocycles. The van der Waals surface area contributed by atoms with E-state index in [0.717, 1.165) is 5.56 Å². The molecule has 0 saturated carbocycles. The van der Waals surface area contributed by atoms with Gasteiger partial charge in [0.1, 0.15) is 5.69 Å². The summed E-state index contributed by atoms with van der Waals surface area (Å²) in [6.45, 7) is 1.84. The summed E-state index contributed by atoms with van der Waals surface area (Å²) in [5.74, 6) is -0.866. The van der Waals surface area contributed by atoms with E-state index in [1.165, 1.54) is 13.4 Å². The van der Waals surface area contributed by atoms with Crippen LogP contribution in [0.3, 0.4) is 0 Å². The van der Waals surface area contributed by atoms with Crippen molar-refractivity contribution in [3.05, 3.63) is 41.5 Å². The van der Waals surface area contributed by atoms with Crippen LogP contribution in [0.4, 0.5) is 11.4 Å². The largest absolute Gasteiger partial charge is 0.399 e. The standard InChI is InChI=1S/C13H15N5O2/c1-7-5-8(3-4-9(7)14)18-13(20)11-10(12(19)15-2)16-6-17-11/h3-6H,14H2,1-2H3,(H,15,19)(H,16,17)(H,18,20). The van der Waals surface area contributed by atoms with Crippen LogP contribution in [0.5, 0.6) is 0 Å². The highest BCUT2D eigenvalue weighted by molar-refractivity contribution is 6.10. The van der Waals surface area contributed by atoms with Crippen LogP contribution in [-0.4, -0.2) is 28.8 Å². The third kappa shape index (κ3) is 2.61. The predicted octanol–water partition coefficient (Wildman–Crippen LogP) is 0.912. The van der Waals surface area contributed by atoms with Crippen molar-refractivity contribution in [1.82, 2.24) is 15.3 Å². The molecule has 20 heavy (non-hydrogen) atoms. The second kappa shape index (κ2) is 5.43. The second-order valence-corrected chi connectivity index (χ2v) is 4.23. The smallest absolute Gasteiger partial charge is 0.276 e. The van der Waals surface area contributed by atoms with Crippen LogP contribution in [0.1, 0.15) is 26.5 Å². The van der Waals surface area contributed by atoms with E-state index in [9.17, 15) is 9.59 Å². The highest BCUT2D eigenvalue weighted by Gasteiger charge is 2.19. The summed E-state index contributed by atoms with van der Waals surface area (Å²) in [5.41, 5.74) is 7.97. The molecule has 1 aromatic heterocycles. The Morgan fingerprint density at radius 2 is 2.05 bits per heavy atom. The number of nitrogens with zero attached hydrogens (tertiary/aromatic N) is 1. The third-order valence-corrected chi connectivity index (χ3v) is 2.84. The number of nitrogens with one attached hydrogen (secondary N) is 3. The van der Waals surface area contributed by atoms with Gasteiger partial charge in [-0.3, -0.25) is 9.59 Å². The van der Waals surface area contributed by atoms with Crippen LogP contribution >= 0.6 is 0 Å². The van der Waals surface area contributed by atoms with Crippen molar-refractivity contribution >= 4 is 23.2 Å². The van der Waals surface area contributed by atoms with E-state index in [4.69, 9.17) is 5.73 Å². The molecule has 2 rings (SSSR count). The summed E-state index contributed by atoms with van der Waals surface area (Å²) in [6, 6.07) is 5.14. The number of aromatic nitrogens is 2. The van der Waals surface area contributed by atoms with Crippen molar-refractivity contribution < 1.29 is 9.59 Å². The number of rotatable bonds is 3.